The normalized spacial score (nSPS) is 14.9. The quantitative estimate of drug-likeness (QED) is 0.0311. The largest absolute Gasteiger partial charge is 0.504 e. The Morgan fingerprint density at radius 1 is 0.877 bits per heavy atom. The molecule has 8 nitrogen and oxygen atoms in total. The van der Waals surface area contributed by atoms with E-state index in [2.05, 4.69) is 73.0 Å². The minimum atomic E-state index is -0.419. The van der Waals surface area contributed by atoms with Gasteiger partial charge in [0.1, 0.15) is 5.78 Å². The van der Waals surface area contributed by atoms with Gasteiger partial charge < -0.3 is 31.3 Å². The number of methoxy groups -OCH3 is 1. The summed E-state index contributed by atoms with van der Waals surface area (Å²) in [4.78, 5) is 26.1. The predicted molar refractivity (Wildman–Crippen MR) is 233 cm³/mol. The number of ether oxygens (including phenoxy) is 1. The summed E-state index contributed by atoms with van der Waals surface area (Å²) in [7, 11) is 3.47. The van der Waals surface area contributed by atoms with E-state index in [1.807, 2.05) is 25.4 Å². The Kier molecular flexibility index (Phi) is 19.3. The van der Waals surface area contributed by atoms with Gasteiger partial charge in [-0.1, -0.05) is 94.1 Å². The fraction of sp³-hybridized carbons (Fsp3) is 0.469. The maximum absolute atomic E-state index is 13.2. The number of carbonyl (C=O) groups is 2. The molecule has 3 aromatic carbocycles. The van der Waals surface area contributed by atoms with Crippen molar-refractivity contribution in [1.29, 1.82) is 0 Å². The Bertz CT molecular complexity index is 1810. The molecule has 1 aliphatic rings. The standard InChI is InChI=1S/C49H67N3O5/c1-35(2)13-11-19-39(32-51-3)16-9-6-10-20-44(54)30-45(55)27-43(34-53)46-31-48(57-4)47(56)28-41(46)26-42-33-52-49(50)29-40(42)24-23-38-18-12-17-37(25-38)22-21-36-14-7-5-8-15-36/h5,7-8,12,14-15,17-18,25,27-29,31,33,35,39,49,51-53,56H,6,9-11,13,16,19-24,26,30,32,34,50H2,1-4H3. The number of aryl methyl sites for hydroxylation is 3. The number of aromatic hydroxyl groups is 1. The van der Waals surface area contributed by atoms with Gasteiger partial charge in [-0.25, -0.2) is 0 Å². The fourth-order valence-electron chi connectivity index (χ4n) is 7.77. The maximum Gasteiger partial charge on any atom is 0.163 e. The van der Waals surface area contributed by atoms with Crippen LogP contribution in [-0.2, 0) is 35.3 Å². The van der Waals surface area contributed by atoms with Crippen molar-refractivity contribution < 1.29 is 24.5 Å². The highest BCUT2D eigenvalue weighted by Crippen LogP contribution is 2.36. The van der Waals surface area contributed by atoms with E-state index in [4.69, 9.17) is 10.5 Å². The number of hydrogen-bond acceptors (Lipinski definition) is 8. The molecule has 0 aromatic heterocycles. The molecule has 0 saturated carbocycles. The number of phenols is 1. The summed E-state index contributed by atoms with van der Waals surface area (Å²) in [5.41, 5.74) is 14.0. The Hall–Kier alpha value is -4.50. The van der Waals surface area contributed by atoms with Crippen LogP contribution in [0.4, 0.5) is 0 Å². The summed E-state index contributed by atoms with van der Waals surface area (Å²) < 4.78 is 5.43. The molecule has 57 heavy (non-hydrogen) atoms. The molecule has 0 bridgehead atoms. The third-order valence-corrected chi connectivity index (χ3v) is 10.9. The van der Waals surface area contributed by atoms with Gasteiger partial charge in [-0.3, -0.25) is 9.59 Å². The van der Waals surface area contributed by atoms with Crippen molar-refractivity contribution in [3.63, 3.8) is 0 Å². The number of aliphatic hydroxyl groups is 1. The van der Waals surface area contributed by atoms with E-state index in [0.717, 1.165) is 75.0 Å². The van der Waals surface area contributed by atoms with Crippen LogP contribution in [0, 0.1) is 11.8 Å². The van der Waals surface area contributed by atoms with E-state index in [0.29, 0.717) is 35.5 Å². The van der Waals surface area contributed by atoms with Crippen molar-refractivity contribution in [3.8, 4) is 11.5 Å². The number of ketones is 2. The summed E-state index contributed by atoms with van der Waals surface area (Å²) in [6.07, 6.45) is 16.8. The van der Waals surface area contributed by atoms with Gasteiger partial charge in [-0.15, -0.1) is 0 Å². The Balaban J connectivity index is 1.38. The number of dihydropyridines is 1. The number of benzene rings is 3. The number of carbonyl (C=O) groups excluding carboxylic acids is 2. The molecule has 0 radical (unpaired) electrons. The van der Waals surface area contributed by atoms with Crippen molar-refractivity contribution in [2.24, 2.45) is 17.6 Å². The lowest BCUT2D eigenvalue weighted by Crippen LogP contribution is -2.35. The Morgan fingerprint density at radius 2 is 1.58 bits per heavy atom. The molecule has 4 rings (SSSR count). The average molecular weight is 778 g/mol. The topological polar surface area (TPSA) is 134 Å². The lowest BCUT2D eigenvalue weighted by atomic mass is 9.88. The number of nitrogens with one attached hydrogen (secondary N) is 2. The molecule has 0 spiro atoms. The van der Waals surface area contributed by atoms with Crippen LogP contribution in [0.2, 0.25) is 0 Å². The van der Waals surface area contributed by atoms with E-state index in [-0.39, 0.29) is 35.7 Å². The van der Waals surface area contributed by atoms with Gasteiger partial charge in [-0.2, -0.15) is 0 Å². The second-order valence-corrected chi connectivity index (χ2v) is 16.1. The highest BCUT2D eigenvalue weighted by atomic mass is 16.5. The third-order valence-electron chi connectivity index (χ3n) is 10.9. The summed E-state index contributed by atoms with van der Waals surface area (Å²) >= 11 is 0. The summed E-state index contributed by atoms with van der Waals surface area (Å²) in [6.45, 7) is 5.14. The zero-order valence-corrected chi connectivity index (χ0v) is 34.8. The third kappa shape index (κ3) is 15.8. The molecule has 6 N–H and O–H groups in total. The van der Waals surface area contributed by atoms with E-state index in [1.165, 1.54) is 49.1 Å². The lowest BCUT2D eigenvalue weighted by molar-refractivity contribution is -0.124. The zero-order chi connectivity index (χ0) is 41.0. The van der Waals surface area contributed by atoms with Gasteiger partial charge in [0.15, 0.2) is 17.3 Å². The average Bonchev–Trinajstić information content (AvgIpc) is 3.19. The molecule has 2 unspecified atom stereocenters. The molecule has 308 valence electrons. The van der Waals surface area contributed by atoms with Crippen LogP contribution in [0.5, 0.6) is 11.5 Å². The highest BCUT2D eigenvalue weighted by molar-refractivity contribution is 6.07. The lowest BCUT2D eigenvalue weighted by Gasteiger charge is -2.23. The minimum absolute atomic E-state index is 0.0400. The van der Waals surface area contributed by atoms with Crippen molar-refractivity contribution in [2.75, 3.05) is 27.3 Å². The predicted octanol–water partition coefficient (Wildman–Crippen LogP) is 8.58. The number of allylic oxidation sites excluding steroid dienone is 3. The number of phenolic OH excluding ortho intramolecular Hbond substituents is 1. The van der Waals surface area contributed by atoms with Gasteiger partial charge in [-0.05, 0) is 146 Å². The van der Waals surface area contributed by atoms with E-state index < -0.39 is 6.61 Å². The molecular weight excluding hydrogens is 711 g/mol. The van der Waals surface area contributed by atoms with Crippen molar-refractivity contribution in [3.05, 3.63) is 124 Å². The Morgan fingerprint density at radius 3 is 2.28 bits per heavy atom. The number of unbranched alkanes of at least 4 members (excludes halogenated alkanes) is 2. The van der Waals surface area contributed by atoms with Gasteiger partial charge in [0, 0.05) is 12.6 Å². The van der Waals surface area contributed by atoms with Crippen LogP contribution >= 0.6 is 0 Å². The maximum atomic E-state index is 13.2. The van der Waals surface area contributed by atoms with Crippen molar-refractivity contribution in [1.82, 2.24) is 10.6 Å². The minimum Gasteiger partial charge on any atom is -0.504 e. The van der Waals surface area contributed by atoms with Crippen LogP contribution in [-0.4, -0.2) is 55.3 Å². The number of hydrogen-bond donors (Lipinski definition) is 5. The monoisotopic (exact) mass is 778 g/mol. The van der Waals surface area contributed by atoms with Crippen molar-refractivity contribution >= 4 is 17.1 Å². The van der Waals surface area contributed by atoms with Crippen LogP contribution < -0.4 is 21.1 Å². The summed E-state index contributed by atoms with van der Waals surface area (Å²) in [6, 6.07) is 22.5. The first kappa shape index (κ1) is 45.2. The fourth-order valence-corrected chi connectivity index (χ4v) is 7.77. The molecular formula is C49H67N3O5. The van der Waals surface area contributed by atoms with Gasteiger partial charge in [0.25, 0.3) is 0 Å². The number of aliphatic hydroxyl groups excluding tert-OH is 1. The second-order valence-electron chi connectivity index (χ2n) is 16.1. The van der Waals surface area contributed by atoms with Crippen LogP contribution in [0.3, 0.4) is 0 Å². The number of rotatable bonds is 26. The first-order valence-corrected chi connectivity index (χ1v) is 21.0. The highest BCUT2D eigenvalue weighted by Gasteiger charge is 2.20. The molecule has 3 aromatic rings. The second kappa shape index (κ2) is 24.3. The molecule has 0 amide bonds. The number of Topliss-reactive ketones (excluding diaryl/α,β-unsaturated/α-hetero) is 1. The molecule has 0 aliphatic carbocycles. The van der Waals surface area contributed by atoms with Crippen LogP contribution in [0.1, 0.15) is 106 Å². The van der Waals surface area contributed by atoms with Crippen LogP contribution in [0.25, 0.3) is 5.57 Å². The Labute approximate surface area is 341 Å². The van der Waals surface area contributed by atoms with Gasteiger partial charge in [0.05, 0.1) is 26.3 Å². The first-order valence-electron chi connectivity index (χ1n) is 21.0. The number of nitrogens with two attached hydrogens (primary N) is 1. The summed E-state index contributed by atoms with van der Waals surface area (Å²) in [5.74, 6) is 1.13. The van der Waals surface area contributed by atoms with Crippen molar-refractivity contribution in [2.45, 2.75) is 110 Å². The molecule has 2 atom stereocenters. The van der Waals surface area contributed by atoms with Crippen LogP contribution in [0.15, 0.2) is 96.2 Å². The van der Waals surface area contributed by atoms with E-state index >= 15 is 0 Å². The first-order chi connectivity index (χ1) is 27.6. The molecule has 1 heterocycles. The molecule has 1 aliphatic heterocycles. The zero-order valence-electron chi connectivity index (χ0n) is 34.8. The van der Waals surface area contributed by atoms with E-state index in [1.54, 1.807) is 12.1 Å². The molecule has 0 fully saturated rings. The molecule has 0 saturated heterocycles. The van der Waals surface area contributed by atoms with Gasteiger partial charge >= 0.3 is 0 Å². The smallest absolute Gasteiger partial charge is 0.163 e. The van der Waals surface area contributed by atoms with Gasteiger partial charge in [0.2, 0.25) is 0 Å². The molecule has 8 heteroatoms. The SMILES string of the molecule is CNCC(CCCCCC(=O)CC(=O)C=C(CO)c1cc(OC)c(O)cc1CC1=CNC(N)C=C1CCc1cccc(CCc2ccccc2)c1)CCCC(C)C. The summed E-state index contributed by atoms with van der Waals surface area (Å²) in [5, 5.41) is 27.9. The van der Waals surface area contributed by atoms with E-state index in [9.17, 15) is 19.8 Å².